The Morgan fingerprint density at radius 3 is 2.73 bits per heavy atom. The summed E-state index contributed by atoms with van der Waals surface area (Å²) in [5.41, 5.74) is 1.02. The number of aliphatic imine (C=N–C) groups is 1. The molecule has 1 aromatic carbocycles. The molecule has 0 saturated carbocycles. The summed E-state index contributed by atoms with van der Waals surface area (Å²) in [7, 11) is 1.76. The molecule has 0 saturated heterocycles. The van der Waals surface area contributed by atoms with Crippen LogP contribution in [0.25, 0.3) is 0 Å². The van der Waals surface area contributed by atoms with Gasteiger partial charge in [0.05, 0.1) is 0 Å². The van der Waals surface area contributed by atoms with Crippen LogP contribution >= 0.6 is 11.8 Å². The van der Waals surface area contributed by atoms with Crippen molar-refractivity contribution < 1.29 is 9.13 Å². The Labute approximate surface area is 158 Å². The Hall–Kier alpha value is -2.28. The van der Waals surface area contributed by atoms with Crippen LogP contribution in [0, 0.1) is 5.82 Å². The van der Waals surface area contributed by atoms with Crippen LogP contribution in [-0.2, 0) is 6.54 Å². The highest BCUT2D eigenvalue weighted by atomic mass is 32.2. The van der Waals surface area contributed by atoms with Crippen molar-refractivity contribution in [2.75, 3.05) is 25.6 Å². The molecule has 0 atom stereocenters. The maximum Gasteiger partial charge on any atom is 0.219 e. The number of unbranched alkanes of at least 4 members (excludes halogenated alkanes) is 1. The molecule has 0 aliphatic rings. The van der Waals surface area contributed by atoms with E-state index in [-0.39, 0.29) is 5.82 Å². The minimum Gasteiger partial charge on any atom is -0.439 e. The number of hydrogen-bond donors (Lipinski definition) is 2. The molecule has 1 aromatic heterocycles. The fraction of sp³-hybridized carbons (Fsp3) is 0.368. The Bertz CT molecular complexity index is 694. The van der Waals surface area contributed by atoms with Crippen LogP contribution in [0.2, 0.25) is 0 Å². The molecule has 0 unspecified atom stereocenters. The molecular formula is C19H25FN4OS. The van der Waals surface area contributed by atoms with Gasteiger partial charge in [0.25, 0.3) is 0 Å². The summed E-state index contributed by atoms with van der Waals surface area (Å²) in [5, 5.41) is 6.58. The van der Waals surface area contributed by atoms with Crippen LogP contribution in [-0.4, -0.2) is 36.5 Å². The summed E-state index contributed by atoms with van der Waals surface area (Å²) >= 11 is 1.87. The van der Waals surface area contributed by atoms with Crippen molar-refractivity contribution in [1.29, 1.82) is 0 Å². The average Bonchev–Trinajstić information content (AvgIpc) is 2.66. The number of halogens is 1. The average molecular weight is 377 g/mol. The highest BCUT2D eigenvalue weighted by Crippen LogP contribution is 2.20. The number of rotatable bonds is 9. The number of hydrogen-bond acceptors (Lipinski definition) is 4. The maximum absolute atomic E-state index is 13.0. The van der Waals surface area contributed by atoms with Gasteiger partial charge < -0.3 is 15.4 Å². The van der Waals surface area contributed by atoms with Crippen LogP contribution in [0.15, 0.2) is 47.6 Å². The van der Waals surface area contributed by atoms with Crippen molar-refractivity contribution in [3.8, 4) is 11.6 Å². The molecule has 2 aromatic rings. The third kappa shape index (κ3) is 7.31. The highest BCUT2D eigenvalue weighted by Gasteiger charge is 2.03. The first-order valence-electron chi connectivity index (χ1n) is 8.53. The molecule has 0 fully saturated rings. The van der Waals surface area contributed by atoms with E-state index in [4.69, 9.17) is 4.74 Å². The predicted octanol–water partition coefficient (Wildman–Crippen LogP) is 3.82. The molecule has 0 amide bonds. The van der Waals surface area contributed by atoms with E-state index in [0.29, 0.717) is 18.2 Å². The molecule has 0 aliphatic heterocycles. The van der Waals surface area contributed by atoms with Crippen LogP contribution < -0.4 is 15.4 Å². The first-order valence-corrected chi connectivity index (χ1v) is 9.92. The minimum atomic E-state index is -0.296. The van der Waals surface area contributed by atoms with Gasteiger partial charge in [-0.1, -0.05) is 0 Å². The van der Waals surface area contributed by atoms with Gasteiger partial charge in [-0.25, -0.2) is 9.37 Å². The zero-order valence-electron chi connectivity index (χ0n) is 15.2. The van der Waals surface area contributed by atoms with E-state index in [1.807, 2.05) is 23.9 Å². The van der Waals surface area contributed by atoms with Gasteiger partial charge in [-0.05, 0) is 60.7 Å². The zero-order chi connectivity index (χ0) is 18.6. The van der Waals surface area contributed by atoms with Gasteiger partial charge in [0.1, 0.15) is 11.6 Å². The predicted molar refractivity (Wildman–Crippen MR) is 107 cm³/mol. The van der Waals surface area contributed by atoms with E-state index >= 15 is 0 Å². The van der Waals surface area contributed by atoms with Gasteiger partial charge in [0.2, 0.25) is 5.88 Å². The normalized spacial score (nSPS) is 11.3. The van der Waals surface area contributed by atoms with Crippen LogP contribution in [0.5, 0.6) is 11.6 Å². The highest BCUT2D eigenvalue weighted by molar-refractivity contribution is 7.98. The van der Waals surface area contributed by atoms with Crippen LogP contribution in [0.3, 0.4) is 0 Å². The lowest BCUT2D eigenvalue weighted by Crippen LogP contribution is -2.37. The smallest absolute Gasteiger partial charge is 0.219 e. The summed E-state index contributed by atoms with van der Waals surface area (Å²) in [5.74, 6) is 2.67. The number of pyridine rings is 1. The molecule has 0 spiro atoms. The van der Waals surface area contributed by atoms with E-state index in [0.717, 1.165) is 24.5 Å². The summed E-state index contributed by atoms with van der Waals surface area (Å²) in [4.78, 5) is 8.42. The Morgan fingerprint density at radius 2 is 2.00 bits per heavy atom. The van der Waals surface area contributed by atoms with Crippen molar-refractivity contribution >= 4 is 17.7 Å². The Morgan fingerprint density at radius 1 is 1.19 bits per heavy atom. The quantitative estimate of drug-likeness (QED) is 0.396. The number of thioether (sulfide) groups is 1. The van der Waals surface area contributed by atoms with Gasteiger partial charge in [-0.15, -0.1) is 0 Å². The molecule has 1 heterocycles. The van der Waals surface area contributed by atoms with Gasteiger partial charge >= 0.3 is 0 Å². The molecule has 2 N–H and O–H groups in total. The van der Waals surface area contributed by atoms with Crippen molar-refractivity contribution in [2.24, 2.45) is 4.99 Å². The van der Waals surface area contributed by atoms with E-state index in [9.17, 15) is 4.39 Å². The first kappa shape index (κ1) is 20.0. The topological polar surface area (TPSA) is 58.5 Å². The molecular weight excluding hydrogens is 351 g/mol. The van der Waals surface area contributed by atoms with E-state index in [1.165, 1.54) is 24.3 Å². The summed E-state index contributed by atoms with van der Waals surface area (Å²) in [6, 6.07) is 9.62. The largest absolute Gasteiger partial charge is 0.439 e. The third-order valence-corrected chi connectivity index (χ3v) is 4.28. The zero-order valence-corrected chi connectivity index (χ0v) is 16.0. The summed E-state index contributed by atoms with van der Waals surface area (Å²) in [6.45, 7) is 1.50. The van der Waals surface area contributed by atoms with Crippen molar-refractivity contribution in [3.05, 3.63) is 54.0 Å². The van der Waals surface area contributed by atoms with Gasteiger partial charge in [-0.2, -0.15) is 11.8 Å². The van der Waals surface area contributed by atoms with Gasteiger partial charge in [-0.3, -0.25) is 4.99 Å². The standard InChI is InChI=1S/C19H25FN4OS/c1-21-19(23-10-3-4-12-26-2)24-14-15-9-11-22-18(13-15)25-17-7-5-16(20)6-8-17/h5-9,11,13H,3-4,10,12,14H2,1-2H3,(H2,21,23,24). The van der Waals surface area contributed by atoms with Crippen molar-refractivity contribution in [2.45, 2.75) is 19.4 Å². The molecule has 0 aliphatic carbocycles. The molecule has 140 valence electrons. The number of nitrogens with zero attached hydrogens (tertiary/aromatic N) is 2. The first-order chi connectivity index (χ1) is 12.7. The van der Waals surface area contributed by atoms with Gasteiger partial charge in [0, 0.05) is 32.4 Å². The monoisotopic (exact) mass is 376 g/mol. The second-order valence-corrected chi connectivity index (χ2v) is 6.60. The van der Waals surface area contributed by atoms with Crippen LogP contribution in [0.1, 0.15) is 18.4 Å². The molecule has 7 heteroatoms. The van der Waals surface area contributed by atoms with Gasteiger partial charge in [0.15, 0.2) is 5.96 Å². The molecule has 0 bridgehead atoms. The molecule has 2 rings (SSSR count). The minimum absolute atomic E-state index is 0.296. The number of nitrogens with one attached hydrogen (secondary N) is 2. The second-order valence-electron chi connectivity index (χ2n) is 5.61. The molecule has 26 heavy (non-hydrogen) atoms. The number of ether oxygens (including phenoxy) is 1. The lowest BCUT2D eigenvalue weighted by atomic mass is 10.2. The SMILES string of the molecule is CN=C(NCCCCSC)NCc1ccnc(Oc2ccc(F)cc2)c1. The van der Waals surface area contributed by atoms with E-state index < -0.39 is 0 Å². The van der Waals surface area contributed by atoms with Crippen LogP contribution in [0.4, 0.5) is 4.39 Å². The lowest BCUT2D eigenvalue weighted by Gasteiger charge is -2.12. The summed E-state index contributed by atoms with van der Waals surface area (Å²) < 4.78 is 18.6. The lowest BCUT2D eigenvalue weighted by molar-refractivity contribution is 0.460. The fourth-order valence-electron chi connectivity index (χ4n) is 2.22. The second kappa shape index (κ2) is 11.4. The number of guanidine groups is 1. The maximum atomic E-state index is 13.0. The van der Waals surface area contributed by atoms with Crippen molar-refractivity contribution in [3.63, 3.8) is 0 Å². The van der Waals surface area contributed by atoms with Crippen molar-refractivity contribution in [1.82, 2.24) is 15.6 Å². The Balaban J connectivity index is 1.82. The van der Waals surface area contributed by atoms with E-state index in [2.05, 4.69) is 26.9 Å². The third-order valence-electron chi connectivity index (χ3n) is 3.59. The number of aromatic nitrogens is 1. The fourth-order valence-corrected chi connectivity index (χ4v) is 2.72. The van der Waals surface area contributed by atoms with E-state index in [1.54, 1.807) is 25.4 Å². The summed E-state index contributed by atoms with van der Waals surface area (Å²) in [6.07, 6.45) is 6.12. The molecule has 0 radical (unpaired) electrons. The molecule has 5 nitrogen and oxygen atoms in total. The number of benzene rings is 1. The Kier molecular flexibility index (Phi) is 8.75.